The molecule has 3 aromatic rings. The molecule has 0 saturated carbocycles. The maximum atomic E-state index is 13.4. The summed E-state index contributed by atoms with van der Waals surface area (Å²) in [5, 5.41) is 0.274. The Kier molecular flexibility index (Phi) is 5.62. The van der Waals surface area contributed by atoms with Crippen LogP contribution in [0.2, 0.25) is 5.02 Å². The van der Waals surface area contributed by atoms with E-state index in [-0.39, 0.29) is 17.5 Å². The van der Waals surface area contributed by atoms with Crippen LogP contribution in [0.25, 0.3) is 0 Å². The molecule has 2 heterocycles. The summed E-state index contributed by atoms with van der Waals surface area (Å²) in [7, 11) is 0. The molecule has 1 aromatic heterocycles. The Morgan fingerprint density at radius 2 is 1.90 bits per heavy atom. The summed E-state index contributed by atoms with van der Waals surface area (Å²) in [6, 6.07) is 13.2. The highest BCUT2D eigenvalue weighted by molar-refractivity contribution is 6.31. The zero-order valence-corrected chi connectivity index (χ0v) is 16.2. The van der Waals surface area contributed by atoms with Crippen molar-refractivity contribution in [2.24, 2.45) is 0 Å². The van der Waals surface area contributed by atoms with E-state index in [1.807, 2.05) is 18.2 Å². The fraction of sp³-hybridized carbons (Fsp3) is 0.182. The van der Waals surface area contributed by atoms with Gasteiger partial charge in [0.15, 0.2) is 11.5 Å². The number of hydrogen-bond donors (Lipinski definition) is 0. The van der Waals surface area contributed by atoms with Crippen molar-refractivity contribution in [2.75, 3.05) is 13.2 Å². The topological polar surface area (TPSA) is 51.7 Å². The average molecular weight is 413 g/mol. The molecule has 7 heteroatoms. The molecule has 4 rings (SSSR count). The predicted molar refractivity (Wildman–Crippen MR) is 107 cm³/mol. The Hall–Kier alpha value is -3.12. The van der Waals surface area contributed by atoms with Gasteiger partial charge in [-0.05, 0) is 47.5 Å². The van der Waals surface area contributed by atoms with Crippen LogP contribution >= 0.6 is 11.6 Å². The molecule has 0 unspecified atom stereocenters. The standard InChI is InChI=1S/C22H18ClFN2O3/c23-19-11-18(24)5-4-17(19)14-26(22(27)16-2-1-7-25-12-16)13-15-3-6-20-21(10-15)29-9-8-28-20/h1-7,10-12H,8-9,13-14H2. The number of benzene rings is 2. The van der Waals surface area contributed by atoms with E-state index in [1.165, 1.54) is 18.3 Å². The number of carbonyl (C=O) groups excluding carboxylic acids is 1. The summed E-state index contributed by atoms with van der Waals surface area (Å²) in [5.41, 5.74) is 2.00. The highest BCUT2D eigenvalue weighted by Crippen LogP contribution is 2.31. The van der Waals surface area contributed by atoms with Gasteiger partial charge in [0.05, 0.1) is 5.56 Å². The number of fused-ring (bicyclic) bond motifs is 1. The maximum absolute atomic E-state index is 13.4. The number of aromatic nitrogens is 1. The smallest absolute Gasteiger partial charge is 0.256 e. The lowest BCUT2D eigenvalue weighted by atomic mass is 10.1. The van der Waals surface area contributed by atoms with Crippen molar-refractivity contribution in [3.8, 4) is 11.5 Å². The zero-order chi connectivity index (χ0) is 20.2. The number of carbonyl (C=O) groups is 1. The van der Waals surface area contributed by atoms with Crippen molar-refractivity contribution < 1.29 is 18.7 Å². The Morgan fingerprint density at radius 1 is 1.07 bits per heavy atom. The molecule has 29 heavy (non-hydrogen) atoms. The van der Waals surface area contributed by atoms with Gasteiger partial charge in [-0.25, -0.2) is 4.39 Å². The van der Waals surface area contributed by atoms with Crippen molar-refractivity contribution in [1.82, 2.24) is 9.88 Å². The van der Waals surface area contributed by atoms with Gasteiger partial charge in [0.1, 0.15) is 19.0 Å². The Morgan fingerprint density at radius 3 is 2.66 bits per heavy atom. The summed E-state index contributed by atoms with van der Waals surface area (Å²) >= 11 is 6.20. The number of halogens is 2. The number of nitrogens with zero attached hydrogens (tertiary/aromatic N) is 2. The van der Waals surface area contributed by atoms with E-state index in [9.17, 15) is 9.18 Å². The van der Waals surface area contributed by atoms with E-state index in [0.29, 0.717) is 42.4 Å². The second-order valence-corrected chi connectivity index (χ2v) is 7.02. The summed E-state index contributed by atoms with van der Waals surface area (Å²) in [6.45, 7) is 1.54. The average Bonchev–Trinajstić information content (AvgIpc) is 2.75. The normalized spacial score (nSPS) is 12.5. The molecule has 2 aromatic carbocycles. The van der Waals surface area contributed by atoms with Crippen LogP contribution in [0.5, 0.6) is 11.5 Å². The van der Waals surface area contributed by atoms with Gasteiger partial charge in [-0.15, -0.1) is 0 Å². The van der Waals surface area contributed by atoms with Gasteiger partial charge in [0.25, 0.3) is 5.91 Å². The van der Waals surface area contributed by atoms with Crippen LogP contribution in [-0.2, 0) is 13.1 Å². The van der Waals surface area contributed by atoms with Crippen molar-refractivity contribution in [3.63, 3.8) is 0 Å². The second-order valence-electron chi connectivity index (χ2n) is 6.62. The molecule has 0 fully saturated rings. The van der Waals surface area contributed by atoms with Crippen LogP contribution in [-0.4, -0.2) is 29.0 Å². The molecule has 0 spiro atoms. The molecular formula is C22H18ClFN2O3. The first-order valence-corrected chi connectivity index (χ1v) is 9.50. The highest BCUT2D eigenvalue weighted by atomic mass is 35.5. The molecule has 1 aliphatic rings. The third kappa shape index (κ3) is 4.49. The third-order valence-electron chi connectivity index (χ3n) is 4.55. The van der Waals surface area contributed by atoms with E-state index >= 15 is 0 Å². The fourth-order valence-electron chi connectivity index (χ4n) is 3.13. The number of hydrogen-bond acceptors (Lipinski definition) is 4. The minimum absolute atomic E-state index is 0.201. The van der Waals surface area contributed by atoms with Gasteiger partial charge >= 0.3 is 0 Å². The summed E-state index contributed by atoms with van der Waals surface area (Å²) < 4.78 is 24.6. The van der Waals surface area contributed by atoms with Gasteiger partial charge < -0.3 is 14.4 Å². The molecule has 0 atom stereocenters. The largest absolute Gasteiger partial charge is 0.486 e. The Balaban J connectivity index is 1.63. The molecule has 0 radical (unpaired) electrons. The lowest BCUT2D eigenvalue weighted by Crippen LogP contribution is -2.30. The van der Waals surface area contributed by atoms with Gasteiger partial charge in [-0.3, -0.25) is 9.78 Å². The molecular weight excluding hydrogens is 395 g/mol. The van der Waals surface area contributed by atoms with E-state index in [1.54, 1.807) is 29.3 Å². The Bertz CT molecular complexity index is 1030. The van der Waals surface area contributed by atoms with Gasteiger partial charge in [0, 0.05) is 30.5 Å². The zero-order valence-electron chi connectivity index (χ0n) is 15.5. The lowest BCUT2D eigenvalue weighted by Gasteiger charge is -2.25. The molecule has 1 aliphatic heterocycles. The number of ether oxygens (including phenoxy) is 2. The van der Waals surface area contributed by atoms with Crippen LogP contribution in [0.3, 0.4) is 0 Å². The van der Waals surface area contributed by atoms with Crippen molar-refractivity contribution in [2.45, 2.75) is 13.1 Å². The van der Waals surface area contributed by atoms with E-state index < -0.39 is 5.82 Å². The van der Waals surface area contributed by atoms with Crippen LogP contribution in [0.1, 0.15) is 21.5 Å². The number of pyridine rings is 1. The molecule has 148 valence electrons. The summed E-state index contributed by atoms with van der Waals surface area (Å²) in [5.74, 6) is 0.721. The van der Waals surface area contributed by atoms with Gasteiger partial charge in [0.2, 0.25) is 0 Å². The van der Waals surface area contributed by atoms with Crippen molar-refractivity contribution in [1.29, 1.82) is 0 Å². The molecule has 0 bridgehead atoms. The third-order valence-corrected chi connectivity index (χ3v) is 4.90. The van der Waals surface area contributed by atoms with Crippen molar-refractivity contribution in [3.05, 3.63) is 88.5 Å². The van der Waals surface area contributed by atoms with Crippen LogP contribution in [0.15, 0.2) is 60.9 Å². The van der Waals surface area contributed by atoms with E-state index in [4.69, 9.17) is 21.1 Å². The molecule has 0 saturated heterocycles. The maximum Gasteiger partial charge on any atom is 0.256 e. The van der Waals surface area contributed by atoms with E-state index in [2.05, 4.69) is 4.98 Å². The predicted octanol–water partition coefficient (Wildman–Crippen LogP) is 4.49. The SMILES string of the molecule is O=C(c1cccnc1)N(Cc1ccc2c(c1)OCCO2)Cc1ccc(F)cc1Cl. The molecule has 1 amide bonds. The van der Waals surface area contributed by atoms with Crippen molar-refractivity contribution >= 4 is 17.5 Å². The number of rotatable bonds is 5. The first kappa shape index (κ1) is 19.2. The second kappa shape index (κ2) is 8.49. The first-order chi connectivity index (χ1) is 14.1. The monoisotopic (exact) mass is 412 g/mol. The lowest BCUT2D eigenvalue weighted by molar-refractivity contribution is 0.0729. The minimum Gasteiger partial charge on any atom is -0.486 e. The molecule has 0 aliphatic carbocycles. The van der Waals surface area contributed by atoms with E-state index in [0.717, 1.165) is 5.56 Å². The van der Waals surface area contributed by atoms with Crippen LogP contribution in [0, 0.1) is 5.82 Å². The first-order valence-electron chi connectivity index (χ1n) is 9.12. The van der Waals surface area contributed by atoms with Crippen LogP contribution < -0.4 is 9.47 Å². The summed E-state index contributed by atoms with van der Waals surface area (Å²) in [4.78, 5) is 18.8. The fourth-order valence-corrected chi connectivity index (χ4v) is 3.36. The molecule has 0 N–H and O–H groups in total. The number of amides is 1. The van der Waals surface area contributed by atoms with Gasteiger partial charge in [-0.2, -0.15) is 0 Å². The molecule has 5 nitrogen and oxygen atoms in total. The highest BCUT2D eigenvalue weighted by Gasteiger charge is 2.20. The summed E-state index contributed by atoms with van der Waals surface area (Å²) in [6.07, 6.45) is 3.13. The van der Waals surface area contributed by atoms with Crippen LogP contribution in [0.4, 0.5) is 4.39 Å². The Labute approximate surface area is 172 Å². The quantitative estimate of drug-likeness (QED) is 0.619. The minimum atomic E-state index is -0.421. The van der Waals surface area contributed by atoms with Gasteiger partial charge in [-0.1, -0.05) is 23.7 Å².